The molecule has 0 saturated heterocycles. The van der Waals surface area contributed by atoms with Gasteiger partial charge in [-0.1, -0.05) is 43.7 Å². The number of carbonyl (C=O) groups excluding carboxylic acids is 1. The minimum Gasteiger partial charge on any atom is -0.423 e. The SMILES string of the molecule is CCC[C@@H](CCCN(C(=O)NCc1ccccc1)c1ccc(-c2cnn(C)c2)cn1)Nc1ncc(C#N)c(NCc2nnc(C3CC3)o2)n1. The Kier molecular flexibility index (Phi) is 10.7. The third-order valence-electron chi connectivity index (χ3n) is 8.22. The summed E-state index contributed by atoms with van der Waals surface area (Å²) >= 11 is 0. The van der Waals surface area contributed by atoms with Gasteiger partial charge in [-0.2, -0.15) is 15.3 Å². The Morgan fingerprint density at radius 1 is 1.06 bits per heavy atom. The molecule has 0 aliphatic heterocycles. The molecule has 0 bridgehead atoms. The molecular formula is C35H40N12O2. The molecule has 14 nitrogen and oxygen atoms in total. The molecule has 6 rings (SSSR count). The zero-order chi connectivity index (χ0) is 34.0. The van der Waals surface area contributed by atoms with Crippen molar-refractivity contribution in [3.63, 3.8) is 0 Å². The van der Waals surface area contributed by atoms with E-state index in [0.717, 1.165) is 48.8 Å². The monoisotopic (exact) mass is 660 g/mol. The normalized spacial score (nSPS) is 13.0. The van der Waals surface area contributed by atoms with E-state index < -0.39 is 0 Å². The first-order chi connectivity index (χ1) is 24.0. The first kappa shape index (κ1) is 33.1. The number of anilines is 3. The molecule has 49 heavy (non-hydrogen) atoms. The van der Waals surface area contributed by atoms with Crippen molar-refractivity contribution in [3.8, 4) is 17.2 Å². The second-order valence-corrected chi connectivity index (χ2v) is 12.1. The third-order valence-corrected chi connectivity index (χ3v) is 8.22. The van der Waals surface area contributed by atoms with Crippen LogP contribution in [-0.2, 0) is 20.1 Å². The van der Waals surface area contributed by atoms with Gasteiger partial charge in [-0.25, -0.2) is 14.8 Å². The molecule has 1 aromatic carbocycles. The van der Waals surface area contributed by atoms with E-state index in [0.29, 0.717) is 60.4 Å². The summed E-state index contributed by atoms with van der Waals surface area (Å²) in [6.07, 6.45) is 12.4. The zero-order valence-electron chi connectivity index (χ0n) is 27.7. The van der Waals surface area contributed by atoms with Crippen molar-refractivity contribution < 1.29 is 9.21 Å². The van der Waals surface area contributed by atoms with Crippen LogP contribution in [-0.4, -0.2) is 53.5 Å². The maximum atomic E-state index is 13.5. The van der Waals surface area contributed by atoms with Crippen LogP contribution in [0.5, 0.6) is 0 Å². The Morgan fingerprint density at radius 3 is 2.63 bits per heavy atom. The van der Waals surface area contributed by atoms with Gasteiger partial charge in [-0.3, -0.25) is 9.58 Å². The summed E-state index contributed by atoms with van der Waals surface area (Å²) in [4.78, 5) is 28.9. The van der Waals surface area contributed by atoms with Crippen LogP contribution in [0, 0.1) is 11.3 Å². The van der Waals surface area contributed by atoms with Gasteiger partial charge in [0.2, 0.25) is 17.7 Å². The number of carbonyl (C=O) groups is 1. The highest BCUT2D eigenvalue weighted by Crippen LogP contribution is 2.39. The van der Waals surface area contributed by atoms with Crippen LogP contribution in [0.2, 0.25) is 0 Å². The van der Waals surface area contributed by atoms with Crippen molar-refractivity contribution in [3.05, 3.63) is 90.2 Å². The first-order valence-electron chi connectivity index (χ1n) is 16.6. The molecule has 0 spiro atoms. The van der Waals surface area contributed by atoms with Crippen LogP contribution in [0.3, 0.4) is 0 Å². The van der Waals surface area contributed by atoms with E-state index >= 15 is 0 Å². The summed E-state index contributed by atoms with van der Waals surface area (Å²) in [5.74, 6) is 2.84. The lowest BCUT2D eigenvalue weighted by molar-refractivity contribution is 0.245. The van der Waals surface area contributed by atoms with Crippen LogP contribution < -0.4 is 20.9 Å². The minimum absolute atomic E-state index is 0.0398. The zero-order valence-corrected chi connectivity index (χ0v) is 27.7. The molecule has 5 aromatic rings. The third kappa shape index (κ3) is 8.95. The Labute approximate surface area is 285 Å². The van der Waals surface area contributed by atoms with E-state index in [4.69, 9.17) is 4.42 Å². The van der Waals surface area contributed by atoms with E-state index in [2.05, 4.69) is 59.2 Å². The average Bonchev–Trinajstić information content (AvgIpc) is 3.71. The fourth-order valence-electron chi connectivity index (χ4n) is 5.45. The molecule has 4 heterocycles. The summed E-state index contributed by atoms with van der Waals surface area (Å²) in [6, 6.07) is 15.6. The fraction of sp³-hybridized carbons (Fsp3) is 0.371. The van der Waals surface area contributed by atoms with Gasteiger partial charge in [0.15, 0.2) is 0 Å². The van der Waals surface area contributed by atoms with Gasteiger partial charge in [0, 0.05) is 55.6 Å². The van der Waals surface area contributed by atoms with Crippen molar-refractivity contribution in [2.45, 2.75) is 70.5 Å². The number of nitriles is 1. The van der Waals surface area contributed by atoms with Crippen LogP contribution >= 0.6 is 0 Å². The molecular weight excluding hydrogens is 620 g/mol. The van der Waals surface area contributed by atoms with Crippen molar-refractivity contribution in [2.24, 2.45) is 7.05 Å². The maximum Gasteiger partial charge on any atom is 0.323 e. The maximum absolute atomic E-state index is 13.5. The average molecular weight is 661 g/mol. The molecule has 0 unspecified atom stereocenters. The van der Waals surface area contributed by atoms with E-state index in [1.807, 2.05) is 55.7 Å². The Morgan fingerprint density at radius 2 is 1.92 bits per heavy atom. The van der Waals surface area contributed by atoms with E-state index in [1.165, 1.54) is 6.20 Å². The van der Waals surface area contributed by atoms with Gasteiger partial charge in [-0.15, -0.1) is 10.2 Å². The van der Waals surface area contributed by atoms with Gasteiger partial charge in [-0.05, 0) is 49.8 Å². The lowest BCUT2D eigenvalue weighted by Gasteiger charge is -2.24. The Bertz CT molecular complexity index is 1860. The van der Waals surface area contributed by atoms with Crippen molar-refractivity contribution in [1.82, 2.24) is 40.2 Å². The summed E-state index contributed by atoms with van der Waals surface area (Å²) in [5.41, 5.74) is 3.21. The van der Waals surface area contributed by atoms with Crippen molar-refractivity contribution in [2.75, 3.05) is 22.1 Å². The lowest BCUT2D eigenvalue weighted by atomic mass is 10.1. The minimum atomic E-state index is -0.220. The predicted octanol–water partition coefficient (Wildman–Crippen LogP) is 5.79. The summed E-state index contributed by atoms with van der Waals surface area (Å²) in [7, 11) is 1.87. The smallest absolute Gasteiger partial charge is 0.323 e. The van der Waals surface area contributed by atoms with Gasteiger partial charge in [0.1, 0.15) is 23.3 Å². The number of rotatable bonds is 16. The fourth-order valence-corrected chi connectivity index (χ4v) is 5.45. The summed E-state index contributed by atoms with van der Waals surface area (Å²) in [6.45, 7) is 3.24. The van der Waals surface area contributed by atoms with E-state index in [9.17, 15) is 10.1 Å². The number of amides is 2. The highest BCUT2D eigenvalue weighted by Gasteiger charge is 2.29. The molecule has 1 aliphatic rings. The number of aromatic nitrogens is 7. The number of hydrogen-bond acceptors (Lipinski definition) is 11. The van der Waals surface area contributed by atoms with Crippen LogP contribution in [0.1, 0.15) is 74.3 Å². The first-order valence-corrected chi connectivity index (χ1v) is 16.6. The molecule has 0 radical (unpaired) electrons. The standard InChI is InChI=1S/C35H40N12O2/c1-3-8-29(42-34-39-20-27(17-36)32(43-34)38-22-31-44-45-33(49-31)25-12-13-25)11-7-16-47(35(48)40-18-24-9-5-4-6-10-24)30-15-14-26(19-37-30)28-21-41-46(2)23-28/h4-6,9-10,14-15,19-21,23,25,29H,3,7-8,11-13,16,18,22H2,1-2H3,(H,40,48)(H2,38,39,42,43)/t29-/m0/s1. The summed E-state index contributed by atoms with van der Waals surface area (Å²) < 4.78 is 7.48. The molecule has 1 saturated carbocycles. The van der Waals surface area contributed by atoms with Gasteiger partial charge in [0.25, 0.3) is 0 Å². The largest absolute Gasteiger partial charge is 0.423 e. The Balaban J connectivity index is 1.10. The quantitative estimate of drug-likeness (QED) is 0.117. The molecule has 252 valence electrons. The van der Waals surface area contributed by atoms with Gasteiger partial charge < -0.3 is 20.4 Å². The van der Waals surface area contributed by atoms with E-state index in [-0.39, 0.29) is 18.6 Å². The van der Waals surface area contributed by atoms with E-state index in [1.54, 1.807) is 22.0 Å². The van der Waals surface area contributed by atoms with Crippen molar-refractivity contribution >= 4 is 23.6 Å². The number of urea groups is 1. The molecule has 1 atom stereocenters. The summed E-state index contributed by atoms with van der Waals surface area (Å²) in [5, 5.41) is 31.8. The molecule has 2 amide bonds. The molecule has 4 aromatic heterocycles. The highest BCUT2D eigenvalue weighted by molar-refractivity contribution is 5.91. The number of pyridine rings is 1. The second kappa shape index (κ2) is 15.8. The predicted molar refractivity (Wildman–Crippen MR) is 184 cm³/mol. The second-order valence-electron chi connectivity index (χ2n) is 12.1. The van der Waals surface area contributed by atoms with Crippen LogP contribution in [0.4, 0.5) is 22.4 Å². The number of hydrogen-bond donors (Lipinski definition) is 3. The molecule has 3 N–H and O–H groups in total. The molecule has 14 heteroatoms. The number of benzene rings is 1. The molecule has 1 aliphatic carbocycles. The Hall–Kier alpha value is -5.84. The topological polar surface area (TPSA) is 176 Å². The highest BCUT2D eigenvalue weighted by atomic mass is 16.4. The lowest BCUT2D eigenvalue weighted by Crippen LogP contribution is -2.41. The number of nitrogens with zero attached hydrogens (tertiary/aromatic N) is 9. The van der Waals surface area contributed by atoms with Gasteiger partial charge >= 0.3 is 6.03 Å². The van der Waals surface area contributed by atoms with Crippen LogP contribution in [0.25, 0.3) is 11.1 Å². The van der Waals surface area contributed by atoms with Gasteiger partial charge in [0.05, 0.1) is 18.9 Å². The number of nitrogens with one attached hydrogen (secondary N) is 3. The number of aryl methyl sites for hydroxylation is 1. The van der Waals surface area contributed by atoms with Crippen LogP contribution in [0.15, 0.2) is 71.7 Å². The molecule has 1 fully saturated rings. The van der Waals surface area contributed by atoms with Crippen molar-refractivity contribution in [1.29, 1.82) is 5.26 Å².